The van der Waals surface area contributed by atoms with E-state index in [0.29, 0.717) is 0 Å². The monoisotopic (exact) mass is 345 g/mol. The number of nitrogens with one attached hydrogen (secondary N) is 1. The Labute approximate surface area is 130 Å². The van der Waals surface area contributed by atoms with Gasteiger partial charge in [0.15, 0.2) is 31.8 Å². The van der Waals surface area contributed by atoms with Crippen molar-refractivity contribution in [1.82, 2.24) is 5.27 Å². The Morgan fingerprint density at radius 2 is 1.81 bits per heavy atom. The SMILES string of the molecule is C=C[Si](C)(C)O[Si](C)(C)CC[Si](C)(C)c1c(=O)o[nH][n+]1C. The van der Waals surface area contributed by atoms with E-state index in [9.17, 15) is 4.79 Å². The van der Waals surface area contributed by atoms with E-state index in [-0.39, 0.29) is 5.63 Å². The molecule has 0 saturated heterocycles. The fourth-order valence-electron chi connectivity index (χ4n) is 2.61. The summed E-state index contributed by atoms with van der Waals surface area (Å²) in [4.78, 5) is 11.9. The molecule has 0 saturated carbocycles. The molecule has 1 aromatic rings. The number of rotatable bonds is 7. The molecule has 0 atom stereocenters. The molecule has 0 aliphatic carbocycles. The summed E-state index contributed by atoms with van der Waals surface area (Å²) in [5, 5.41) is 3.44. The Kier molecular flexibility index (Phi) is 5.41. The summed E-state index contributed by atoms with van der Waals surface area (Å²) < 4.78 is 13.0. The summed E-state index contributed by atoms with van der Waals surface area (Å²) in [7, 11) is -3.50. The Balaban J connectivity index is 2.82. The van der Waals surface area contributed by atoms with Crippen LogP contribution in [-0.2, 0) is 11.2 Å². The maximum Gasteiger partial charge on any atom is 0.423 e. The summed E-state index contributed by atoms with van der Waals surface area (Å²) in [5.41, 5.74) is 1.76. The number of aryl methyl sites for hydroxylation is 1. The van der Waals surface area contributed by atoms with E-state index in [1.165, 1.54) is 0 Å². The average molecular weight is 346 g/mol. The van der Waals surface area contributed by atoms with Crippen molar-refractivity contribution in [3.8, 4) is 0 Å². The molecule has 1 aromatic heterocycles. The van der Waals surface area contributed by atoms with Crippen molar-refractivity contribution in [3.63, 3.8) is 0 Å². The lowest BCUT2D eigenvalue weighted by atomic mass is 10.9. The fourth-order valence-corrected chi connectivity index (χ4v) is 15.7. The van der Waals surface area contributed by atoms with Crippen LogP contribution in [0, 0.1) is 0 Å². The van der Waals surface area contributed by atoms with E-state index in [2.05, 4.69) is 51.1 Å². The minimum Gasteiger partial charge on any atom is -0.453 e. The van der Waals surface area contributed by atoms with Crippen LogP contribution >= 0.6 is 0 Å². The molecule has 21 heavy (non-hydrogen) atoms. The summed E-state index contributed by atoms with van der Waals surface area (Å²) in [6.07, 6.45) is 0. The van der Waals surface area contributed by atoms with Gasteiger partial charge in [-0.15, -0.1) is 6.58 Å². The van der Waals surface area contributed by atoms with Crippen LogP contribution in [-0.4, -0.2) is 30.0 Å². The van der Waals surface area contributed by atoms with Crippen molar-refractivity contribution in [2.24, 2.45) is 7.05 Å². The predicted molar refractivity (Wildman–Crippen MR) is 93.5 cm³/mol. The normalized spacial score (nSPS) is 13.5. The largest absolute Gasteiger partial charge is 0.453 e. The van der Waals surface area contributed by atoms with Crippen LogP contribution in [0.2, 0.25) is 51.4 Å². The predicted octanol–water partition coefficient (Wildman–Crippen LogP) is 1.86. The molecule has 0 unspecified atom stereocenters. The third-order valence-corrected chi connectivity index (χ3v) is 14.4. The highest BCUT2D eigenvalue weighted by atomic mass is 28.4. The summed E-state index contributed by atoms with van der Waals surface area (Å²) >= 11 is 0. The molecule has 0 bridgehead atoms. The molecule has 1 N–H and O–H groups in total. The summed E-state index contributed by atoms with van der Waals surface area (Å²) in [6.45, 7) is 17.2. The van der Waals surface area contributed by atoms with Gasteiger partial charge in [0.1, 0.15) is 0 Å². The van der Waals surface area contributed by atoms with Gasteiger partial charge in [-0.3, -0.25) is 4.52 Å². The topological polar surface area (TPSA) is 59.1 Å². The van der Waals surface area contributed by atoms with Crippen LogP contribution < -0.4 is 15.6 Å². The molecule has 1 rings (SSSR count). The molecule has 0 spiro atoms. The second-order valence-corrected chi connectivity index (χ2v) is 20.6. The molecule has 5 nitrogen and oxygen atoms in total. The third kappa shape index (κ3) is 4.90. The lowest BCUT2D eigenvalue weighted by Gasteiger charge is -2.33. The van der Waals surface area contributed by atoms with Crippen molar-refractivity contribution >= 4 is 30.0 Å². The Bertz CT molecular complexity index is 561. The van der Waals surface area contributed by atoms with E-state index in [1.807, 2.05) is 12.7 Å². The first-order valence-electron chi connectivity index (χ1n) is 7.32. The molecular formula is C13H29N2O3Si3+. The van der Waals surface area contributed by atoms with E-state index in [4.69, 9.17) is 8.64 Å². The zero-order valence-electron chi connectivity index (χ0n) is 14.4. The Morgan fingerprint density at radius 3 is 2.24 bits per heavy atom. The second kappa shape index (κ2) is 6.19. The molecule has 0 aromatic carbocycles. The number of aromatic nitrogens is 2. The van der Waals surface area contributed by atoms with Crippen LogP contribution in [0.15, 0.2) is 21.6 Å². The second-order valence-electron chi connectivity index (χ2n) is 7.44. The highest BCUT2D eigenvalue weighted by molar-refractivity contribution is 6.91. The smallest absolute Gasteiger partial charge is 0.423 e. The highest BCUT2D eigenvalue weighted by Crippen LogP contribution is 2.24. The average Bonchev–Trinajstić information content (AvgIpc) is 2.66. The van der Waals surface area contributed by atoms with Crippen LogP contribution in [0.4, 0.5) is 0 Å². The fraction of sp³-hybridized carbons (Fsp3) is 0.692. The number of aromatic amines is 1. The van der Waals surface area contributed by atoms with Gasteiger partial charge in [-0.25, -0.2) is 4.79 Å². The van der Waals surface area contributed by atoms with Crippen molar-refractivity contribution < 1.29 is 13.3 Å². The van der Waals surface area contributed by atoms with Gasteiger partial charge >= 0.3 is 5.63 Å². The maximum atomic E-state index is 11.9. The van der Waals surface area contributed by atoms with Crippen molar-refractivity contribution in [2.75, 3.05) is 0 Å². The molecule has 1 heterocycles. The lowest BCUT2D eigenvalue weighted by Crippen LogP contribution is -2.64. The maximum absolute atomic E-state index is 11.9. The quantitative estimate of drug-likeness (QED) is 0.606. The first kappa shape index (κ1) is 18.3. The molecule has 0 amide bonds. The lowest BCUT2D eigenvalue weighted by molar-refractivity contribution is -0.725. The number of H-pyrrole nitrogens is 1. The minimum atomic E-state index is -1.84. The van der Waals surface area contributed by atoms with Gasteiger partial charge in [-0.2, -0.15) is 0 Å². The first-order valence-corrected chi connectivity index (χ1v) is 16.6. The van der Waals surface area contributed by atoms with Gasteiger partial charge in [0.05, 0.1) is 0 Å². The van der Waals surface area contributed by atoms with E-state index in [0.717, 1.165) is 17.4 Å². The van der Waals surface area contributed by atoms with Gasteiger partial charge in [0.25, 0.3) is 5.32 Å². The van der Waals surface area contributed by atoms with Gasteiger partial charge in [0, 0.05) is 0 Å². The van der Waals surface area contributed by atoms with Gasteiger partial charge in [0.2, 0.25) is 0 Å². The molecule has 0 aliphatic rings. The number of hydrogen-bond acceptors (Lipinski definition) is 3. The van der Waals surface area contributed by atoms with Gasteiger partial charge < -0.3 is 4.12 Å². The van der Waals surface area contributed by atoms with E-state index < -0.39 is 24.7 Å². The third-order valence-electron chi connectivity index (χ3n) is 3.83. The Morgan fingerprint density at radius 1 is 1.24 bits per heavy atom. The number of nitrogens with zero attached hydrogens (tertiary/aromatic N) is 1. The standard InChI is InChI=1S/C13H28N2O3Si3/c1-9-20(5,6)18-21(7,8)11-10-19(3,4)12-13(16)17-14-15(12)2/h9H,1,10-11H2,2-8H3/p+1. The van der Waals surface area contributed by atoms with Crippen molar-refractivity contribution in [2.45, 2.75) is 51.4 Å². The number of hydrogen-bond donors (Lipinski definition) is 1. The summed E-state index contributed by atoms with van der Waals surface area (Å²) in [5.74, 6) is 0. The van der Waals surface area contributed by atoms with Crippen LogP contribution in [0.25, 0.3) is 0 Å². The van der Waals surface area contributed by atoms with Crippen LogP contribution in [0.3, 0.4) is 0 Å². The molecule has 0 fully saturated rings. The molecule has 8 heteroatoms. The van der Waals surface area contributed by atoms with Crippen LogP contribution in [0.5, 0.6) is 0 Å². The molecule has 0 aliphatic heterocycles. The minimum absolute atomic E-state index is 0.227. The van der Waals surface area contributed by atoms with Crippen molar-refractivity contribution in [1.29, 1.82) is 0 Å². The highest BCUT2D eigenvalue weighted by Gasteiger charge is 2.41. The zero-order valence-corrected chi connectivity index (χ0v) is 17.4. The van der Waals surface area contributed by atoms with E-state index in [1.54, 1.807) is 4.68 Å². The van der Waals surface area contributed by atoms with Crippen molar-refractivity contribution in [3.05, 3.63) is 22.7 Å². The molecular weight excluding hydrogens is 316 g/mol. The molecule has 120 valence electrons. The first-order chi connectivity index (χ1) is 9.40. The Hall–Kier alpha value is -0.709. The van der Waals surface area contributed by atoms with Crippen LogP contribution in [0.1, 0.15) is 0 Å². The molecule has 0 radical (unpaired) electrons. The zero-order chi connectivity index (χ0) is 16.5. The van der Waals surface area contributed by atoms with Gasteiger partial charge in [-0.1, -0.05) is 23.5 Å². The van der Waals surface area contributed by atoms with E-state index >= 15 is 0 Å². The van der Waals surface area contributed by atoms with Gasteiger partial charge in [-0.05, 0) is 43.5 Å². The summed E-state index contributed by atoms with van der Waals surface area (Å²) in [6, 6.07) is 2.09.